The Kier molecular flexibility index (Phi) is 4.84. The van der Waals surface area contributed by atoms with Gasteiger partial charge in [0, 0.05) is 0 Å². The van der Waals surface area contributed by atoms with Crippen molar-refractivity contribution in [1.29, 1.82) is 0 Å². The molecule has 1 aromatic heterocycles. The third-order valence-corrected chi connectivity index (χ3v) is 6.05. The highest BCUT2D eigenvalue weighted by Crippen LogP contribution is 2.22. The van der Waals surface area contributed by atoms with Gasteiger partial charge in [-0.1, -0.05) is 11.8 Å². The average Bonchev–Trinajstić information content (AvgIpc) is 2.92. The number of hydrogen-bond donors (Lipinski definition) is 2. The first-order valence-electron chi connectivity index (χ1n) is 5.86. The second-order valence-corrected chi connectivity index (χ2v) is 8.17. The lowest BCUT2D eigenvalue weighted by Crippen LogP contribution is -2.41. The second kappa shape index (κ2) is 6.29. The van der Waals surface area contributed by atoms with Crippen molar-refractivity contribution >= 4 is 45.1 Å². The van der Waals surface area contributed by atoms with Crippen LogP contribution in [0.4, 0.5) is 0 Å². The van der Waals surface area contributed by atoms with Gasteiger partial charge < -0.3 is 14.8 Å². The summed E-state index contributed by atoms with van der Waals surface area (Å²) in [6.45, 7) is 0. The number of rotatable bonds is 5. The summed E-state index contributed by atoms with van der Waals surface area (Å²) in [5, 5.41) is 10.9. The van der Waals surface area contributed by atoms with Crippen molar-refractivity contribution in [3.63, 3.8) is 0 Å². The Morgan fingerprint density at radius 1 is 1.43 bits per heavy atom. The summed E-state index contributed by atoms with van der Waals surface area (Å²) >= 11 is 6.89. The topological polar surface area (TPSA) is 114 Å². The van der Waals surface area contributed by atoms with E-state index in [2.05, 4.69) is 5.32 Å². The third-order valence-electron chi connectivity index (χ3n) is 2.77. The van der Waals surface area contributed by atoms with Crippen molar-refractivity contribution in [2.24, 2.45) is 0 Å². The van der Waals surface area contributed by atoms with Gasteiger partial charge in [-0.05, 0) is 12.1 Å². The van der Waals surface area contributed by atoms with E-state index in [1.54, 1.807) is 0 Å². The number of amides is 1. The van der Waals surface area contributed by atoms with E-state index >= 15 is 0 Å². The van der Waals surface area contributed by atoms with Gasteiger partial charge in [-0.3, -0.25) is 4.79 Å². The van der Waals surface area contributed by atoms with E-state index in [0.717, 1.165) is 11.8 Å². The molecule has 2 N–H and O–H groups in total. The Morgan fingerprint density at radius 3 is 2.67 bits per heavy atom. The highest BCUT2D eigenvalue weighted by Gasteiger charge is 2.37. The van der Waals surface area contributed by atoms with Gasteiger partial charge >= 0.3 is 5.97 Å². The second-order valence-electron chi connectivity index (χ2n) is 4.48. The van der Waals surface area contributed by atoms with Crippen LogP contribution in [0.15, 0.2) is 21.6 Å². The van der Waals surface area contributed by atoms with Crippen LogP contribution in [-0.4, -0.2) is 54.1 Å². The first kappa shape index (κ1) is 16.2. The number of nitrogens with one attached hydrogen (secondary N) is 1. The molecule has 2 atom stereocenters. The van der Waals surface area contributed by atoms with Gasteiger partial charge in [-0.2, -0.15) is 0 Å². The number of sulfone groups is 1. The Morgan fingerprint density at radius 2 is 2.14 bits per heavy atom. The van der Waals surface area contributed by atoms with Gasteiger partial charge in [0.2, 0.25) is 11.7 Å². The summed E-state index contributed by atoms with van der Waals surface area (Å²) in [7, 11) is -3.20. The summed E-state index contributed by atoms with van der Waals surface area (Å²) in [5.41, 5.74) is 0. The largest absolute Gasteiger partial charge is 0.475 e. The van der Waals surface area contributed by atoms with Crippen molar-refractivity contribution in [1.82, 2.24) is 5.32 Å². The van der Waals surface area contributed by atoms with Crippen molar-refractivity contribution in [3.8, 4) is 0 Å². The van der Waals surface area contributed by atoms with Gasteiger partial charge in [0.1, 0.15) is 0 Å². The molecule has 2 heterocycles. The van der Waals surface area contributed by atoms with Crippen LogP contribution in [0.3, 0.4) is 0 Å². The van der Waals surface area contributed by atoms with E-state index < -0.39 is 27.2 Å². The van der Waals surface area contributed by atoms with E-state index in [9.17, 15) is 18.0 Å². The minimum absolute atomic E-state index is 0.0211. The van der Waals surface area contributed by atoms with Gasteiger partial charge in [0.05, 0.1) is 28.7 Å². The first-order valence-corrected chi connectivity index (χ1v) is 9.11. The summed E-state index contributed by atoms with van der Waals surface area (Å²) in [6.07, 6.45) is 0. The molecule has 1 saturated heterocycles. The number of halogens is 1. The number of aromatic carboxylic acids is 1. The minimum atomic E-state index is -3.20. The van der Waals surface area contributed by atoms with Crippen LogP contribution in [0.5, 0.6) is 0 Å². The summed E-state index contributed by atoms with van der Waals surface area (Å²) in [4.78, 5) is 22.4. The van der Waals surface area contributed by atoms with E-state index in [4.69, 9.17) is 21.1 Å². The number of alkyl halides is 1. The van der Waals surface area contributed by atoms with Crippen LogP contribution in [0, 0.1) is 0 Å². The average molecular weight is 354 g/mol. The molecule has 0 aromatic carbocycles. The Labute approximate surface area is 129 Å². The zero-order valence-corrected chi connectivity index (χ0v) is 13.0. The normalized spacial score (nSPS) is 23.9. The molecule has 0 spiro atoms. The SMILES string of the molecule is O=C(CSc1ccc(C(=O)O)o1)NC1CS(=O)(=O)CC1Cl. The molecule has 10 heteroatoms. The molecule has 2 rings (SSSR count). The van der Waals surface area contributed by atoms with Crippen molar-refractivity contribution < 1.29 is 27.5 Å². The van der Waals surface area contributed by atoms with Gasteiger partial charge in [-0.25, -0.2) is 13.2 Å². The lowest BCUT2D eigenvalue weighted by Gasteiger charge is -2.13. The number of carboxylic acid groups (broad SMARTS) is 1. The minimum Gasteiger partial charge on any atom is -0.475 e. The molecule has 116 valence electrons. The van der Waals surface area contributed by atoms with Gasteiger partial charge in [0.25, 0.3) is 0 Å². The van der Waals surface area contributed by atoms with Crippen molar-refractivity contribution in [2.45, 2.75) is 16.5 Å². The summed E-state index contributed by atoms with van der Waals surface area (Å²) < 4.78 is 27.7. The van der Waals surface area contributed by atoms with E-state index in [1.165, 1.54) is 12.1 Å². The maximum absolute atomic E-state index is 11.7. The van der Waals surface area contributed by atoms with Crippen molar-refractivity contribution in [3.05, 3.63) is 17.9 Å². The number of hydrogen-bond acceptors (Lipinski definition) is 6. The molecule has 1 aliphatic rings. The number of furan rings is 1. The molecular weight excluding hydrogens is 342 g/mol. The van der Waals surface area contributed by atoms with Crippen molar-refractivity contribution in [2.75, 3.05) is 17.3 Å². The zero-order valence-electron chi connectivity index (χ0n) is 10.6. The van der Waals surface area contributed by atoms with Gasteiger partial charge in [-0.15, -0.1) is 11.6 Å². The fourth-order valence-corrected chi connectivity index (χ4v) is 5.05. The van der Waals surface area contributed by atoms with Crippen LogP contribution in [0.2, 0.25) is 0 Å². The fraction of sp³-hybridized carbons (Fsp3) is 0.455. The molecule has 1 amide bonds. The zero-order chi connectivity index (χ0) is 15.6. The molecule has 21 heavy (non-hydrogen) atoms. The summed E-state index contributed by atoms with van der Waals surface area (Å²) in [5.74, 6) is -2.12. The Bertz CT molecular complexity index is 655. The van der Waals surface area contributed by atoms with E-state index in [-0.39, 0.29) is 28.9 Å². The molecule has 1 aliphatic heterocycles. The van der Waals surface area contributed by atoms with E-state index in [1.807, 2.05) is 0 Å². The molecule has 0 aliphatic carbocycles. The van der Waals surface area contributed by atoms with Crippen LogP contribution in [0.1, 0.15) is 10.6 Å². The smallest absolute Gasteiger partial charge is 0.371 e. The molecule has 7 nitrogen and oxygen atoms in total. The molecule has 0 bridgehead atoms. The van der Waals surface area contributed by atoms with Crippen LogP contribution >= 0.6 is 23.4 Å². The Hall–Kier alpha value is -1.19. The lowest BCUT2D eigenvalue weighted by atomic mass is 10.2. The van der Waals surface area contributed by atoms with E-state index in [0.29, 0.717) is 5.09 Å². The first-order chi connectivity index (χ1) is 9.77. The van der Waals surface area contributed by atoms with Crippen LogP contribution in [-0.2, 0) is 14.6 Å². The van der Waals surface area contributed by atoms with Crippen LogP contribution < -0.4 is 5.32 Å². The fourth-order valence-electron chi connectivity index (χ4n) is 1.83. The molecule has 0 radical (unpaired) electrons. The summed E-state index contributed by atoms with van der Waals surface area (Å²) in [6, 6.07) is 2.14. The number of thioether (sulfide) groups is 1. The molecule has 1 fully saturated rings. The predicted octanol–water partition coefficient (Wildman–Crippen LogP) is 0.591. The predicted molar refractivity (Wildman–Crippen MR) is 76.6 cm³/mol. The number of carbonyl (C=O) groups excluding carboxylic acids is 1. The Balaban J connectivity index is 1.83. The monoisotopic (exact) mass is 353 g/mol. The molecule has 0 saturated carbocycles. The quantitative estimate of drug-likeness (QED) is 0.588. The maximum atomic E-state index is 11.7. The number of carbonyl (C=O) groups is 2. The highest BCUT2D eigenvalue weighted by molar-refractivity contribution is 7.99. The van der Waals surface area contributed by atoms with Crippen LogP contribution in [0.25, 0.3) is 0 Å². The highest BCUT2D eigenvalue weighted by atomic mass is 35.5. The molecular formula is C11H12ClNO6S2. The van der Waals surface area contributed by atoms with Gasteiger partial charge in [0.15, 0.2) is 14.9 Å². The third kappa shape index (κ3) is 4.39. The number of carboxylic acids is 1. The standard InChI is InChI=1S/C11H12ClNO6S2/c12-6-4-21(17,18)5-7(6)13-9(14)3-20-10-2-1-8(19-10)11(15)16/h1-2,6-7H,3-5H2,(H,13,14)(H,15,16). The molecule has 2 unspecified atom stereocenters. The molecule has 1 aromatic rings. The lowest BCUT2D eigenvalue weighted by molar-refractivity contribution is -0.119. The maximum Gasteiger partial charge on any atom is 0.371 e.